The second-order valence-corrected chi connectivity index (χ2v) is 5.37. The minimum absolute atomic E-state index is 0.233. The highest BCUT2D eigenvalue weighted by Gasteiger charge is 2.10. The molecule has 98 valence electrons. The lowest BCUT2D eigenvalue weighted by Gasteiger charge is -2.12. The third-order valence-corrected chi connectivity index (χ3v) is 3.29. The summed E-state index contributed by atoms with van der Waals surface area (Å²) in [5.41, 5.74) is 7.09. The molecule has 2 rings (SSSR count). The molecule has 2 N–H and O–H groups in total. The van der Waals surface area contributed by atoms with E-state index in [-0.39, 0.29) is 10.8 Å². The highest BCUT2D eigenvalue weighted by Crippen LogP contribution is 2.30. The van der Waals surface area contributed by atoms with E-state index in [2.05, 4.69) is 15.9 Å². The first-order valence-electron chi connectivity index (χ1n) is 5.51. The molecule has 2 aromatic carbocycles. The van der Waals surface area contributed by atoms with E-state index in [1.807, 2.05) is 13.0 Å². The topological polar surface area (TPSA) is 35.2 Å². The largest absolute Gasteiger partial charge is 0.456 e. The molecule has 0 saturated carbocycles. The van der Waals surface area contributed by atoms with Crippen molar-refractivity contribution in [3.05, 3.63) is 57.8 Å². The van der Waals surface area contributed by atoms with Gasteiger partial charge >= 0.3 is 0 Å². The Morgan fingerprint density at radius 1 is 1.21 bits per heavy atom. The highest BCUT2D eigenvalue weighted by atomic mass is 79.9. The van der Waals surface area contributed by atoms with Crippen LogP contribution in [0.1, 0.15) is 11.1 Å². The molecule has 0 spiro atoms. The molecule has 0 aromatic heterocycles. The van der Waals surface area contributed by atoms with Crippen LogP contribution in [-0.4, -0.2) is 4.99 Å². The lowest BCUT2D eigenvalue weighted by molar-refractivity contribution is 0.472. The average molecular weight is 340 g/mol. The van der Waals surface area contributed by atoms with Crippen molar-refractivity contribution >= 4 is 33.1 Å². The lowest BCUT2D eigenvalue weighted by atomic mass is 10.2. The van der Waals surface area contributed by atoms with Crippen molar-refractivity contribution in [2.24, 2.45) is 5.73 Å². The van der Waals surface area contributed by atoms with E-state index in [1.54, 1.807) is 18.2 Å². The van der Waals surface area contributed by atoms with Crippen molar-refractivity contribution in [2.75, 3.05) is 0 Å². The maximum atomic E-state index is 13.2. The summed E-state index contributed by atoms with van der Waals surface area (Å²) in [7, 11) is 0. The number of rotatable bonds is 3. The number of benzene rings is 2. The second-order valence-electron chi connectivity index (χ2n) is 4.02. The first kappa shape index (κ1) is 14.0. The monoisotopic (exact) mass is 339 g/mol. The van der Waals surface area contributed by atoms with Crippen molar-refractivity contribution < 1.29 is 9.13 Å². The quantitative estimate of drug-likeness (QED) is 0.845. The van der Waals surface area contributed by atoms with E-state index in [0.29, 0.717) is 17.1 Å². The van der Waals surface area contributed by atoms with Crippen LogP contribution in [0.15, 0.2) is 40.9 Å². The third kappa shape index (κ3) is 3.30. The Hall–Kier alpha value is -1.46. The Morgan fingerprint density at radius 2 is 1.95 bits per heavy atom. The van der Waals surface area contributed by atoms with Crippen LogP contribution in [0.4, 0.5) is 4.39 Å². The first-order valence-corrected chi connectivity index (χ1v) is 6.71. The number of nitrogens with two attached hydrogens (primary N) is 1. The van der Waals surface area contributed by atoms with Gasteiger partial charge in [0.25, 0.3) is 0 Å². The molecule has 2 aromatic rings. The van der Waals surface area contributed by atoms with Gasteiger partial charge in [0.15, 0.2) is 0 Å². The van der Waals surface area contributed by atoms with Gasteiger partial charge in [0, 0.05) is 10.5 Å². The van der Waals surface area contributed by atoms with E-state index in [9.17, 15) is 4.39 Å². The summed E-state index contributed by atoms with van der Waals surface area (Å²) in [4.78, 5) is 0.233. The summed E-state index contributed by atoms with van der Waals surface area (Å²) in [6.45, 7) is 1.84. The van der Waals surface area contributed by atoms with Gasteiger partial charge in [0.1, 0.15) is 22.3 Å². The zero-order valence-electron chi connectivity index (χ0n) is 10.1. The van der Waals surface area contributed by atoms with Crippen LogP contribution in [0.3, 0.4) is 0 Å². The number of hydrogen-bond acceptors (Lipinski definition) is 2. The molecule has 2 nitrogen and oxygen atoms in total. The standard InChI is InChI=1S/C14H11BrFNOS/c1-8-2-4-10(16)7-12(8)18-13-6-9(15)3-5-11(13)14(17)19/h2-7H,1H3,(H2,17,19). The number of aryl methyl sites for hydroxylation is 1. The Balaban J connectivity index is 2.45. The van der Waals surface area contributed by atoms with Gasteiger partial charge in [0.05, 0.1) is 5.56 Å². The molecule has 0 amide bonds. The summed E-state index contributed by atoms with van der Waals surface area (Å²) in [6, 6.07) is 9.70. The van der Waals surface area contributed by atoms with Crippen LogP contribution in [0, 0.1) is 12.7 Å². The van der Waals surface area contributed by atoms with Gasteiger partial charge in [-0.3, -0.25) is 0 Å². The highest BCUT2D eigenvalue weighted by molar-refractivity contribution is 9.10. The Morgan fingerprint density at radius 3 is 2.63 bits per heavy atom. The summed E-state index contributed by atoms with van der Waals surface area (Å²) in [5.74, 6) is 0.582. The number of ether oxygens (including phenoxy) is 1. The Kier molecular flexibility index (Phi) is 4.17. The summed E-state index contributed by atoms with van der Waals surface area (Å²) < 4.78 is 19.8. The molecule has 0 atom stereocenters. The number of thiocarbonyl (C=S) groups is 1. The first-order chi connectivity index (χ1) is 8.97. The van der Waals surface area contributed by atoms with E-state index in [1.165, 1.54) is 12.1 Å². The summed E-state index contributed by atoms with van der Waals surface area (Å²) in [5, 5.41) is 0. The van der Waals surface area contributed by atoms with Crippen LogP contribution in [0.2, 0.25) is 0 Å². The molecule has 0 fully saturated rings. The van der Waals surface area contributed by atoms with Crippen LogP contribution < -0.4 is 10.5 Å². The van der Waals surface area contributed by atoms with Crippen LogP contribution in [-0.2, 0) is 0 Å². The zero-order chi connectivity index (χ0) is 14.0. The smallest absolute Gasteiger partial charge is 0.138 e. The van der Waals surface area contributed by atoms with Gasteiger partial charge in [-0.2, -0.15) is 0 Å². The molecule has 0 unspecified atom stereocenters. The van der Waals surface area contributed by atoms with Gasteiger partial charge in [-0.15, -0.1) is 0 Å². The van der Waals surface area contributed by atoms with E-state index in [4.69, 9.17) is 22.7 Å². The molecule has 0 saturated heterocycles. The predicted octanol–water partition coefficient (Wildman–Crippen LogP) is 4.32. The molecule has 0 heterocycles. The fourth-order valence-corrected chi connectivity index (χ4v) is 2.10. The Bertz CT molecular complexity index is 645. The van der Waals surface area contributed by atoms with Gasteiger partial charge in [-0.1, -0.05) is 34.2 Å². The van der Waals surface area contributed by atoms with Crippen LogP contribution in [0.25, 0.3) is 0 Å². The Labute approximate surface area is 124 Å². The normalized spacial score (nSPS) is 10.3. The molecule has 19 heavy (non-hydrogen) atoms. The molecular formula is C14H11BrFNOS. The van der Waals surface area contributed by atoms with Crippen molar-refractivity contribution in [3.63, 3.8) is 0 Å². The van der Waals surface area contributed by atoms with Crippen molar-refractivity contribution in [1.82, 2.24) is 0 Å². The van der Waals surface area contributed by atoms with Gasteiger partial charge in [0.2, 0.25) is 0 Å². The predicted molar refractivity (Wildman–Crippen MR) is 81.2 cm³/mol. The zero-order valence-corrected chi connectivity index (χ0v) is 12.5. The van der Waals surface area contributed by atoms with Crippen LogP contribution >= 0.6 is 28.1 Å². The SMILES string of the molecule is Cc1ccc(F)cc1Oc1cc(Br)ccc1C(N)=S. The van der Waals surface area contributed by atoms with E-state index in [0.717, 1.165) is 10.0 Å². The summed E-state index contributed by atoms with van der Waals surface area (Å²) >= 11 is 8.33. The molecule has 0 aliphatic carbocycles. The van der Waals surface area contributed by atoms with Crippen molar-refractivity contribution in [3.8, 4) is 11.5 Å². The molecule has 0 aliphatic rings. The second kappa shape index (κ2) is 5.67. The average Bonchev–Trinajstić information content (AvgIpc) is 2.33. The maximum absolute atomic E-state index is 13.2. The minimum Gasteiger partial charge on any atom is -0.456 e. The van der Waals surface area contributed by atoms with Gasteiger partial charge in [-0.05, 0) is 36.8 Å². The maximum Gasteiger partial charge on any atom is 0.138 e. The third-order valence-electron chi connectivity index (χ3n) is 2.58. The number of hydrogen-bond donors (Lipinski definition) is 1. The molecule has 5 heteroatoms. The van der Waals surface area contributed by atoms with Crippen molar-refractivity contribution in [2.45, 2.75) is 6.92 Å². The van der Waals surface area contributed by atoms with Gasteiger partial charge in [-0.25, -0.2) is 4.39 Å². The molecular weight excluding hydrogens is 329 g/mol. The summed E-state index contributed by atoms with van der Waals surface area (Å²) in [6.07, 6.45) is 0. The fraction of sp³-hybridized carbons (Fsp3) is 0.0714. The van der Waals surface area contributed by atoms with E-state index < -0.39 is 0 Å². The lowest BCUT2D eigenvalue weighted by Crippen LogP contribution is -2.10. The molecule has 0 aliphatic heterocycles. The fourth-order valence-electron chi connectivity index (χ4n) is 1.59. The van der Waals surface area contributed by atoms with Crippen molar-refractivity contribution in [1.29, 1.82) is 0 Å². The van der Waals surface area contributed by atoms with Gasteiger partial charge < -0.3 is 10.5 Å². The number of halogens is 2. The van der Waals surface area contributed by atoms with Crippen LogP contribution in [0.5, 0.6) is 11.5 Å². The molecule has 0 bridgehead atoms. The van der Waals surface area contributed by atoms with E-state index >= 15 is 0 Å². The molecule has 0 radical (unpaired) electrons. The minimum atomic E-state index is -0.354.